The fourth-order valence-electron chi connectivity index (χ4n) is 2.95. The molecule has 0 spiro atoms. The van der Waals surface area contributed by atoms with Crippen LogP contribution in [0.3, 0.4) is 0 Å². The van der Waals surface area contributed by atoms with E-state index in [1.54, 1.807) is 11.3 Å². The zero-order valence-corrected chi connectivity index (χ0v) is 12.1. The fraction of sp³-hybridized carbons (Fsp3) is 0.571. The first-order valence-electron chi connectivity index (χ1n) is 7.05. The molecule has 2 N–H and O–H groups in total. The maximum absolute atomic E-state index is 12.1. The number of nitrogens with one attached hydrogen (secondary N) is 2. The molecule has 3 heterocycles. The molecule has 2 unspecified atom stereocenters. The van der Waals surface area contributed by atoms with E-state index in [1.807, 2.05) is 10.3 Å². The van der Waals surface area contributed by atoms with Crippen LogP contribution in [-0.4, -0.2) is 42.5 Å². The molecule has 2 fully saturated rings. The SMILES string of the molecule is O=C1CCC2CN(C(=O)NCCc3ccsc3)CC2N1. The third-order valence-electron chi connectivity index (χ3n) is 4.09. The summed E-state index contributed by atoms with van der Waals surface area (Å²) in [7, 11) is 0. The molecule has 0 aromatic carbocycles. The van der Waals surface area contributed by atoms with Gasteiger partial charge in [0.05, 0.1) is 6.04 Å². The van der Waals surface area contributed by atoms with Crippen LogP contribution in [0.1, 0.15) is 18.4 Å². The predicted molar refractivity (Wildman–Crippen MR) is 77.6 cm³/mol. The Morgan fingerprint density at radius 1 is 1.50 bits per heavy atom. The molecule has 2 saturated heterocycles. The summed E-state index contributed by atoms with van der Waals surface area (Å²) in [6.07, 6.45) is 2.36. The number of hydrogen-bond donors (Lipinski definition) is 2. The Bertz CT molecular complexity index is 489. The quantitative estimate of drug-likeness (QED) is 0.880. The smallest absolute Gasteiger partial charge is 0.317 e. The van der Waals surface area contributed by atoms with Gasteiger partial charge in [-0.15, -0.1) is 0 Å². The van der Waals surface area contributed by atoms with Crippen molar-refractivity contribution in [1.82, 2.24) is 15.5 Å². The Balaban J connectivity index is 1.45. The molecule has 1 aromatic rings. The lowest BCUT2D eigenvalue weighted by Gasteiger charge is -2.24. The highest BCUT2D eigenvalue weighted by Crippen LogP contribution is 2.25. The molecule has 3 rings (SSSR count). The van der Waals surface area contributed by atoms with Crippen LogP contribution in [0.25, 0.3) is 0 Å². The van der Waals surface area contributed by atoms with Crippen LogP contribution in [0.4, 0.5) is 4.79 Å². The van der Waals surface area contributed by atoms with E-state index in [1.165, 1.54) is 5.56 Å². The normalized spacial score (nSPS) is 25.2. The third kappa shape index (κ3) is 2.95. The molecular formula is C14H19N3O2S. The largest absolute Gasteiger partial charge is 0.351 e. The molecule has 1 aromatic heterocycles. The van der Waals surface area contributed by atoms with Gasteiger partial charge < -0.3 is 15.5 Å². The molecule has 108 valence electrons. The van der Waals surface area contributed by atoms with Crippen molar-refractivity contribution in [3.8, 4) is 0 Å². The Kier molecular flexibility index (Phi) is 3.91. The van der Waals surface area contributed by atoms with Gasteiger partial charge in [0.25, 0.3) is 0 Å². The van der Waals surface area contributed by atoms with Gasteiger partial charge in [0, 0.05) is 26.1 Å². The van der Waals surface area contributed by atoms with E-state index in [2.05, 4.69) is 22.1 Å². The first kappa shape index (κ1) is 13.4. The Labute approximate surface area is 122 Å². The van der Waals surface area contributed by atoms with Gasteiger partial charge in [-0.25, -0.2) is 4.79 Å². The minimum Gasteiger partial charge on any atom is -0.351 e. The van der Waals surface area contributed by atoms with Crippen LogP contribution in [0.5, 0.6) is 0 Å². The topological polar surface area (TPSA) is 61.4 Å². The van der Waals surface area contributed by atoms with E-state index < -0.39 is 0 Å². The summed E-state index contributed by atoms with van der Waals surface area (Å²) in [5.41, 5.74) is 1.26. The summed E-state index contributed by atoms with van der Waals surface area (Å²) in [6.45, 7) is 2.06. The predicted octanol–water partition coefficient (Wildman–Crippen LogP) is 1.21. The molecule has 0 saturated carbocycles. The van der Waals surface area contributed by atoms with Crippen LogP contribution >= 0.6 is 11.3 Å². The highest BCUT2D eigenvalue weighted by molar-refractivity contribution is 7.07. The van der Waals surface area contributed by atoms with E-state index in [9.17, 15) is 9.59 Å². The molecule has 5 nitrogen and oxygen atoms in total. The van der Waals surface area contributed by atoms with Gasteiger partial charge in [-0.3, -0.25) is 4.79 Å². The Hall–Kier alpha value is -1.56. The summed E-state index contributed by atoms with van der Waals surface area (Å²) in [4.78, 5) is 25.3. The zero-order chi connectivity index (χ0) is 13.9. The van der Waals surface area contributed by atoms with E-state index in [-0.39, 0.29) is 18.0 Å². The van der Waals surface area contributed by atoms with Gasteiger partial charge in [0.2, 0.25) is 5.91 Å². The van der Waals surface area contributed by atoms with Crippen LogP contribution in [0.2, 0.25) is 0 Å². The first-order valence-corrected chi connectivity index (χ1v) is 8.00. The van der Waals surface area contributed by atoms with Gasteiger partial charge in [-0.2, -0.15) is 11.3 Å². The number of rotatable bonds is 3. The number of thiophene rings is 1. The molecule has 0 aliphatic carbocycles. The number of amides is 3. The standard InChI is InChI=1S/C14H19N3O2S/c18-13-2-1-11-7-17(8-12(11)16-13)14(19)15-5-3-10-4-6-20-9-10/h4,6,9,11-12H,1-3,5,7-8H2,(H,15,19)(H,16,18). The number of urea groups is 1. The molecule has 2 aliphatic rings. The summed E-state index contributed by atoms with van der Waals surface area (Å²) in [5.74, 6) is 0.543. The molecular weight excluding hydrogens is 274 g/mol. The Morgan fingerprint density at radius 3 is 3.20 bits per heavy atom. The van der Waals surface area contributed by atoms with Gasteiger partial charge >= 0.3 is 6.03 Å². The maximum Gasteiger partial charge on any atom is 0.317 e. The van der Waals surface area contributed by atoms with E-state index in [0.29, 0.717) is 25.4 Å². The van der Waals surface area contributed by atoms with Gasteiger partial charge in [0.15, 0.2) is 0 Å². The summed E-state index contributed by atoms with van der Waals surface area (Å²) in [6, 6.07) is 2.22. The number of carbonyl (C=O) groups excluding carboxylic acids is 2. The monoisotopic (exact) mass is 293 g/mol. The number of nitrogens with zero attached hydrogens (tertiary/aromatic N) is 1. The highest BCUT2D eigenvalue weighted by Gasteiger charge is 2.38. The van der Waals surface area contributed by atoms with Crippen molar-refractivity contribution >= 4 is 23.3 Å². The van der Waals surface area contributed by atoms with Crippen molar-refractivity contribution in [3.05, 3.63) is 22.4 Å². The first-order chi connectivity index (χ1) is 9.72. The van der Waals surface area contributed by atoms with Crippen LogP contribution in [0, 0.1) is 5.92 Å². The van der Waals surface area contributed by atoms with Crippen molar-refractivity contribution in [2.75, 3.05) is 19.6 Å². The minimum absolute atomic E-state index is 0.0103. The van der Waals surface area contributed by atoms with Crippen molar-refractivity contribution in [2.24, 2.45) is 5.92 Å². The molecule has 6 heteroatoms. The fourth-order valence-corrected chi connectivity index (χ4v) is 3.65. The third-order valence-corrected chi connectivity index (χ3v) is 4.82. The lowest BCUT2D eigenvalue weighted by molar-refractivity contribution is -0.123. The summed E-state index contributed by atoms with van der Waals surface area (Å²) in [5, 5.41) is 10.1. The van der Waals surface area contributed by atoms with E-state index in [0.717, 1.165) is 19.4 Å². The number of hydrogen-bond acceptors (Lipinski definition) is 3. The van der Waals surface area contributed by atoms with Crippen molar-refractivity contribution in [2.45, 2.75) is 25.3 Å². The molecule has 3 amide bonds. The number of fused-ring (bicyclic) bond motifs is 1. The number of piperidine rings is 1. The second-order valence-corrected chi connectivity index (χ2v) is 6.27. The summed E-state index contributed by atoms with van der Waals surface area (Å²) < 4.78 is 0. The molecule has 2 atom stereocenters. The van der Waals surface area contributed by atoms with Crippen LogP contribution < -0.4 is 10.6 Å². The number of likely N-dealkylation sites (tertiary alicyclic amines) is 1. The van der Waals surface area contributed by atoms with Crippen LogP contribution in [-0.2, 0) is 11.2 Å². The molecule has 0 bridgehead atoms. The molecule has 20 heavy (non-hydrogen) atoms. The zero-order valence-electron chi connectivity index (χ0n) is 11.3. The molecule has 0 radical (unpaired) electrons. The van der Waals surface area contributed by atoms with Gasteiger partial charge in [-0.05, 0) is 41.1 Å². The lowest BCUT2D eigenvalue weighted by atomic mass is 9.94. The average molecular weight is 293 g/mol. The van der Waals surface area contributed by atoms with Crippen LogP contribution in [0.15, 0.2) is 16.8 Å². The average Bonchev–Trinajstić information content (AvgIpc) is 3.06. The second-order valence-electron chi connectivity index (χ2n) is 5.49. The van der Waals surface area contributed by atoms with Crippen molar-refractivity contribution < 1.29 is 9.59 Å². The lowest BCUT2D eigenvalue weighted by Crippen LogP contribution is -2.45. The van der Waals surface area contributed by atoms with Crippen molar-refractivity contribution in [3.63, 3.8) is 0 Å². The summed E-state index contributed by atoms with van der Waals surface area (Å²) >= 11 is 1.67. The maximum atomic E-state index is 12.1. The molecule has 2 aliphatic heterocycles. The second kappa shape index (κ2) is 5.83. The van der Waals surface area contributed by atoms with Crippen molar-refractivity contribution in [1.29, 1.82) is 0 Å². The highest BCUT2D eigenvalue weighted by atomic mass is 32.1. The minimum atomic E-state index is -0.0103. The van der Waals surface area contributed by atoms with Gasteiger partial charge in [0.1, 0.15) is 0 Å². The van der Waals surface area contributed by atoms with E-state index >= 15 is 0 Å². The van der Waals surface area contributed by atoms with Gasteiger partial charge in [-0.1, -0.05) is 0 Å². The Morgan fingerprint density at radius 2 is 2.40 bits per heavy atom. The number of carbonyl (C=O) groups is 2. The van der Waals surface area contributed by atoms with E-state index in [4.69, 9.17) is 0 Å².